The smallest absolute Gasteiger partial charge is 0.221 e. The molecular formula is C22H23FN4O3. The van der Waals surface area contributed by atoms with Crippen LogP contribution in [0.4, 0.5) is 15.9 Å². The van der Waals surface area contributed by atoms with E-state index >= 15 is 0 Å². The Morgan fingerprint density at radius 1 is 1.13 bits per heavy atom. The summed E-state index contributed by atoms with van der Waals surface area (Å²) in [6, 6.07) is 11.4. The van der Waals surface area contributed by atoms with Crippen LogP contribution in [0.25, 0.3) is 22.5 Å². The van der Waals surface area contributed by atoms with Crippen molar-refractivity contribution in [2.24, 2.45) is 0 Å². The van der Waals surface area contributed by atoms with Crippen molar-refractivity contribution in [3.63, 3.8) is 0 Å². The lowest BCUT2D eigenvalue weighted by atomic mass is 9.99. The number of rotatable bonds is 4. The molecule has 0 unspecified atom stereocenters. The average molecular weight is 410 g/mol. The maximum atomic E-state index is 14.4. The standard InChI is InChI=1S/C22H23FN4O3/c1-14(28)24-19-7-6-15(12-18(19)23)16-4-3-5-17(22(16)29)20-13-21(25-30-20)27-10-8-26(2)9-11-27/h3-7,12-13,29H,8-11H2,1-2H3,(H,24,28). The lowest BCUT2D eigenvalue weighted by molar-refractivity contribution is -0.114. The topological polar surface area (TPSA) is 81.8 Å². The van der Waals surface area contributed by atoms with Crippen LogP contribution in [0.2, 0.25) is 0 Å². The second kappa shape index (κ2) is 8.16. The third-order valence-electron chi connectivity index (χ3n) is 5.22. The molecule has 0 saturated carbocycles. The fourth-order valence-electron chi connectivity index (χ4n) is 3.53. The van der Waals surface area contributed by atoms with E-state index in [9.17, 15) is 14.3 Å². The van der Waals surface area contributed by atoms with Gasteiger partial charge in [0.05, 0.1) is 11.3 Å². The Hall–Kier alpha value is -3.39. The molecule has 30 heavy (non-hydrogen) atoms. The number of halogens is 1. The van der Waals surface area contributed by atoms with Crippen molar-refractivity contribution in [2.45, 2.75) is 6.92 Å². The van der Waals surface area contributed by atoms with Gasteiger partial charge in [0.25, 0.3) is 0 Å². The van der Waals surface area contributed by atoms with E-state index in [2.05, 4.69) is 27.3 Å². The monoisotopic (exact) mass is 410 g/mol. The second-order valence-electron chi connectivity index (χ2n) is 7.42. The third-order valence-corrected chi connectivity index (χ3v) is 5.22. The number of carbonyl (C=O) groups excluding carboxylic acids is 1. The minimum atomic E-state index is -0.579. The van der Waals surface area contributed by atoms with Gasteiger partial charge in [0.1, 0.15) is 11.6 Å². The molecule has 0 atom stereocenters. The van der Waals surface area contributed by atoms with Gasteiger partial charge in [0.15, 0.2) is 11.6 Å². The van der Waals surface area contributed by atoms with E-state index < -0.39 is 5.82 Å². The summed E-state index contributed by atoms with van der Waals surface area (Å²) >= 11 is 0. The summed E-state index contributed by atoms with van der Waals surface area (Å²) in [5, 5.41) is 17.4. The Bertz CT molecular complexity index is 1070. The van der Waals surface area contributed by atoms with Crippen LogP contribution in [-0.4, -0.2) is 54.3 Å². The molecule has 0 bridgehead atoms. The quantitative estimate of drug-likeness (QED) is 0.685. The molecule has 2 aromatic carbocycles. The molecule has 0 aliphatic carbocycles. The zero-order chi connectivity index (χ0) is 21.3. The number of benzene rings is 2. The number of para-hydroxylation sites is 1. The number of likely N-dealkylation sites (N-methyl/N-ethyl adjacent to an activating group) is 1. The van der Waals surface area contributed by atoms with Crippen LogP contribution >= 0.6 is 0 Å². The summed E-state index contributed by atoms with van der Waals surface area (Å²) in [5.74, 6) is 0.218. The van der Waals surface area contributed by atoms with Crippen LogP contribution in [0.3, 0.4) is 0 Å². The van der Waals surface area contributed by atoms with Gasteiger partial charge in [-0.25, -0.2) is 4.39 Å². The first-order chi connectivity index (χ1) is 14.4. The van der Waals surface area contributed by atoms with Crippen LogP contribution in [-0.2, 0) is 4.79 Å². The van der Waals surface area contributed by atoms with Gasteiger partial charge in [0.2, 0.25) is 5.91 Å². The first-order valence-electron chi connectivity index (χ1n) is 9.72. The van der Waals surface area contributed by atoms with Gasteiger partial charge in [-0.2, -0.15) is 0 Å². The maximum Gasteiger partial charge on any atom is 0.221 e. The summed E-state index contributed by atoms with van der Waals surface area (Å²) in [7, 11) is 2.08. The van der Waals surface area contributed by atoms with E-state index in [-0.39, 0.29) is 17.3 Å². The van der Waals surface area contributed by atoms with Crippen molar-refractivity contribution >= 4 is 17.4 Å². The highest BCUT2D eigenvalue weighted by Gasteiger charge is 2.20. The average Bonchev–Trinajstić information content (AvgIpc) is 3.20. The Morgan fingerprint density at radius 3 is 2.57 bits per heavy atom. The molecule has 1 aliphatic heterocycles. The predicted molar refractivity (Wildman–Crippen MR) is 113 cm³/mol. The highest BCUT2D eigenvalue weighted by molar-refractivity contribution is 5.89. The van der Waals surface area contributed by atoms with Crippen molar-refractivity contribution in [1.82, 2.24) is 10.1 Å². The molecule has 3 aromatic rings. The lowest BCUT2D eigenvalue weighted by Gasteiger charge is -2.31. The van der Waals surface area contributed by atoms with E-state index in [1.54, 1.807) is 24.3 Å². The SMILES string of the molecule is CC(=O)Nc1ccc(-c2cccc(-c3cc(N4CCN(C)CC4)no3)c2O)cc1F. The number of amides is 1. The van der Waals surface area contributed by atoms with Crippen molar-refractivity contribution < 1.29 is 18.8 Å². The number of aromatic nitrogens is 1. The van der Waals surface area contributed by atoms with Crippen molar-refractivity contribution in [3.05, 3.63) is 48.3 Å². The van der Waals surface area contributed by atoms with E-state index in [0.717, 1.165) is 32.0 Å². The fourth-order valence-corrected chi connectivity index (χ4v) is 3.53. The molecule has 0 spiro atoms. The Labute approximate surface area is 173 Å². The number of hydrogen-bond acceptors (Lipinski definition) is 6. The number of piperazine rings is 1. The normalized spacial score (nSPS) is 14.7. The van der Waals surface area contributed by atoms with Gasteiger partial charge in [-0.1, -0.05) is 23.4 Å². The van der Waals surface area contributed by atoms with Crippen LogP contribution < -0.4 is 10.2 Å². The molecule has 1 amide bonds. The lowest BCUT2D eigenvalue weighted by Crippen LogP contribution is -2.44. The molecule has 1 aromatic heterocycles. The van der Waals surface area contributed by atoms with E-state index in [1.807, 2.05) is 6.07 Å². The number of hydrogen-bond donors (Lipinski definition) is 2. The highest BCUT2D eigenvalue weighted by atomic mass is 19.1. The number of anilines is 2. The van der Waals surface area contributed by atoms with Crippen molar-refractivity contribution in [1.29, 1.82) is 0 Å². The molecule has 156 valence electrons. The number of carbonyl (C=O) groups is 1. The number of phenolic OH excluding ortho intramolecular Hbond substituents is 1. The molecule has 7 nitrogen and oxygen atoms in total. The molecule has 2 N–H and O–H groups in total. The zero-order valence-corrected chi connectivity index (χ0v) is 16.9. The summed E-state index contributed by atoms with van der Waals surface area (Å²) in [6.45, 7) is 4.92. The van der Waals surface area contributed by atoms with Crippen LogP contribution in [0, 0.1) is 5.82 Å². The van der Waals surface area contributed by atoms with Crippen LogP contribution in [0.15, 0.2) is 47.0 Å². The molecule has 8 heteroatoms. The van der Waals surface area contributed by atoms with Gasteiger partial charge in [-0.3, -0.25) is 4.79 Å². The van der Waals surface area contributed by atoms with Gasteiger partial charge < -0.3 is 24.7 Å². The molecule has 1 aliphatic rings. The van der Waals surface area contributed by atoms with Crippen LogP contribution in [0.5, 0.6) is 5.75 Å². The number of aromatic hydroxyl groups is 1. The Morgan fingerprint density at radius 2 is 1.87 bits per heavy atom. The predicted octanol–water partition coefficient (Wildman–Crippen LogP) is 3.56. The van der Waals surface area contributed by atoms with Crippen LogP contribution in [0.1, 0.15) is 6.92 Å². The fraction of sp³-hybridized carbons (Fsp3) is 0.273. The first-order valence-corrected chi connectivity index (χ1v) is 9.72. The molecular weight excluding hydrogens is 387 g/mol. The maximum absolute atomic E-state index is 14.4. The Kier molecular flexibility index (Phi) is 5.41. The van der Waals surface area contributed by atoms with Gasteiger partial charge in [-0.05, 0) is 30.8 Å². The van der Waals surface area contributed by atoms with Gasteiger partial charge >= 0.3 is 0 Å². The number of nitrogens with zero attached hydrogens (tertiary/aromatic N) is 3. The number of nitrogens with one attached hydrogen (secondary N) is 1. The minimum Gasteiger partial charge on any atom is -0.507 e. The summed E-state index contributed by atoms with van der Waals surface area (Å²) in [5.41, 5.74) is 1.51. The second-order valence-corrected chi connectivity index (χ2v) is 7.42. The zero-order valence-electron chi connectivity index (χ0n) is 16.9. The summed E-state index contributed by atoms with van der Waals surface area (Å²) < 4.78 is 19.9. The largest absolute Gasteiger partial charge is 0.507 e. The molecule has 4 rings (SSSR count). The Balaban J connectivity index is 1.63. The van der Waals surface area contributed by atoms with Crippen molar-refractivity contribution in [2.75, 3.05) is 43.4 Å². The summed E-state index contributed by atoms with van der Waals surface area (Å²) in [4.78, 5) is 15.6. The number of phenols is 1. The molecule has 1 saturated heterocycles. The molecule has 0 radical (unpaired) electrons. The third kappa shape index (κ3) is 3.99. The highest BCUT2D eigenvalue weighted by Crippen LogP contribution is 2.39. The van der Waals surface area contributed by atoms with Gasteiger partial charge in [-0.15, -0.1) is 0 Å². The van der Waals surface area contributed by atoms with Crippen molar-refractivity contribution in [3.8, 4) is 28.2 Å². The van der Waals surface area contributed by atoms with E-state index in [4.69, 9.17) is 4.52 Å². The molecule has 2 heterocycles. The molecule has 1 fully saturated rings. The summed E-state index contributed by atoms with van der Waals surface area (Å²) in [6.07, 6.45) is 0. The first kappa shape index (κ1) is 19.9. The van der Waals surface area contributed by atoms with E-state index in [1.165, 1.54) is 19.1 Å². The van der Waals surface area contributed by atoms with E-state index in [0.29, 0.717) is 22.5 Å². The minimum absolute atomic E-state index is 0.0229. The van der Waals surface area contributed by atoms with Gasteiger partial charge in [0, 0.05) is 44.7 Å².